The third kappa shape index (κ3) is 8.46. The first-order valence-corrected chi connectivity index (χ1v) is 8.17. The molecule has 0 fully saturated rings. The average Bonchev–Trinajstić information content (AvgIpc) is 2.63. The highest BCUT2D eigenvalue weighted by Crippen LogP contribution is 2.11. The van der Waals surface area contributed by atoms with E-state index in [0.717, 1.165) is 12.1 Å². The van der Waals surface area contributed by atoms with Crippen molar-refractivity contribution in [2.45, 2.75) is 13.0 Å². The van der Waals surface area contributed by atoms with E-state index in [1.807, 2.05) is 18.9 Å². The fourth-order valence-corrected chi connectivity index (χ4v) is 2.13. The molecule has 8 heteroatoms. The van der Waals surface area contributed by atoms with Gasteiger partial charge in [-0.25, -0.2) is 14.4 Å². The number of nitrogens with zero attached hydrogens (tertiary/aromatic N) is 5. The lowest BCUT2D eigenvalue weighted by atomic mass is 10.2. The van der Waals surface area contributed by atoms with Gasteiger partial charge in [0.15, 0.2) is 0 Å². The molecule has 7 nitrogen and oxygen atoms in total. The third-order valence-corrected chi connectivity index (χ3v) is 3.29. The second kappa shape index (κ2) is 13.1. The summed E-state index contributed by atoms with van der Waals surface area (Å²) in [5.74, 6) is 0.599. The van der Waals surface area contributed by atoms with Gasteiger partial charge in [-0.05, 0) is 32.3 Å². The fraction of sp³-hybridized carbons (Fsp3) is 0.529. The summed E-state index contributed by atoms with van der Waals surface area (Å²) in [7, 11) is 1.88. The van der Waals surface area contributed by atoms with E-state index in [-0.39, 0.29) is 12.6 Å². The maximum atomic E-state index is 12.4. The number of anilines is 1. The maximum Gasteiger partial charge on any atom is 0.225 e. The van der Waals surface area contributed by atoms with Gasteiger partial charge in [-0.3, -0.25) is 9.98 Å². The molecule has 0 saturated heterocycles. The molecule has 0 bridgehead atoms. The molecule has 1 unspecified atom stereocenters. The number of aliphatic imine (C=N–C) groups is 2. The average molecular weight is 350 g/mol. The number of likely N-dealkylation sites (N-methyl/N-ethyl adjacent to an activating group) is 1. The summed E-state index contributed by atoms with van der Waals surface area (Å²) in [5.41, 5.74) is 0.899. The van der Waals surface area contributed by atoms with Crippen molar-refractivity contribution in [3.8, 4) is 0 Å². The Hall–Kier alpha value is -2.19. The zero-order valence-electron chi connectivity index (χ0n) is 14.9. The van der Waals surface area contributed by atoms with Gasteiger partial charge in [-0.15, -0.1) is 0 Å². The monoisotopic (exact) mass is 350 g/mol. The summed E-state index contributed by atoms with van der Waals surface area (Å²) in [6, 6.07) is 1.66. The highest BCUT2D eigenvalue weighted by molar-refractivity contribution is 5.77. The van der Waals surface area contributed by atoms with Crippen LogP contribution in [0.2, 0.25) is 0 Å². The van der Waals surface area contributed by atoms with Crippen LogP contribution in [0.15, 0.2) is 40.2 Å². The molecule has 0 aliphatic rings. The quantitative estimate of drug-likeness (QED) is 0.431. The van der Waals surface area contributed by atoms with Crippen molar-refractivity contribution < 1.29 is 9.13 Å². The molecule has 1 rings (SSSR count). The minimum absolute atomic E-state index is 0.0645. The van der Waals surface area contributed by atoms with Crippen molar-refractivity contribution in [2.75, 3.05) is 51.5 Å². The minimum Gasteiger partial charge on any atom is -0.377 e. The third-order valence-electron chi connectivity index (χ3n) is 3.29. The highest BCUT2D eigenvalue weighted by Gasteiger charge is 2.20. The summed E-state index contributed by atoms with van der Waals surface area (Å²) in [5, 5.41) is 3.12. The van der Waals surface area contributed by atoms with Gasteiger partial charge in [0.25, 0.3) is 0 Å². The number of hydrogen-bond donors (Lipinski definition) is 1. The van der Waals surface area contributed by atoms with Gasteiger partial charge in [-0.1, -0.05) is 0 Å². The largest absolute Gasteiger partial charge is 0.377 e. The van der Waals surface area contributed by atoms with E-state index in [0.29, 0.717) is 25.6 Å². The topological polar surface area (TPSA) is 75.0 Å². The Bertz CT molecular complexity index is 537. The molecule has 1 aromatic rings. The highest BCUT2D eigenvalue weighted by atomic mass is 19.1. The predicted molar refractivity (Wildman–Crippen MR) is 101 cm³/mol. The zero-order chi connectivity index (χ0) is 18.3. The summed E-state index contributed by atoms with van der Waals surface area (Å²) in [4.78, 5) is 18.8. The van der Waals surface area contributed by atoms with Crippen LogP contribution in [0.5, 0.6) is 0 Å². The fourth-order valence-electron chi connectivity index (χ4n) is 2.13. The lowest BCUT2D eigenvalue weighted by Gasteiger charge is -2.30. The van der Waals surface area contributed by atoms with Gasteiger partial charge in [0.1, 0.15) is 6.67 Å². The van der Waals surface area contributed by atoms with Crippen LogP contribution < -0.4 is 10.2 Å². The van der Waals surface area contributed by atoms with Gasteiger partial charge < -0.3 is 15.0 Å². The number of hydrogen-bond acceptors (Lipinski definition) is 7. The first-order chi connectivity index (χ1) is 12.2. The molecule has 1 heterocycles. The van der Waals surface area contributed by atoms with E-state index in [4.69, 9.17) is 4.74 Å². The first kappa shape index (κ1) is 20.9. The van der Waals surface area contributed by atoms with Crippen LogP contribution in [0.1, 0.15) is 6.92 Å². The smallest absolute Gasteiger partial charge is 0.225 e. The van der Waals surface area contributed by atoms with E-state index in [2.05, 4.69) is 32.0 Å². The lowest BCUT2D eigenvalue weighted by molar-refractivity contribution is 0.106. The van der Waals surface area contributed by atoms with Crippen molar-refractivity contribution >= 4 is 18.9 Å². The van der Waals surface area contributed by atoms with Crippen molar-refractivity contribution in [3.63, 3.8) is 0 Å². The van der Waals surface area contributed by atoms with Crippen LogP contribution in [0, 0.1) is 0 Å². The van der Waals surface area contributed by atoms with Gasteiger partial charge in [0.05, 0.1) is 25.8 Å². The molecular weight excluding hydrogens is 323 g/mol. The predicted octanol–water partition coefficient (Wildman–Crippen LogP) is 1.53. The molecule has 0 aliphatic carbocycles. The summed E-state index contributed by atoms with van der Waals surface area (Å²) < 4.78 is 17.8. The number of ether oxygens (including phenoxy) is 1. The Morgan fingerprint density at radius 3 is 2.88 bits per heavy atom. The molecule has 1 N–H and O–H groups in total. The molecule has 0 radical (unpaired) electrons. The van der Waals surface area contributed by atoms with E-state index in [1.165, 1.54) is 0 Å². The van der Waals surface area contributed by atoms with Crippen molar-refractivity contribution in [1.29, 1.82) is 0 Å². The molecule has 0 spiro atoms. The van der Waals surface area contributed by atoms with Crippen molar-refractivity contribution in [2.24, 2.45) is 9.98 Å². The summed E-state index contributed by atoms with van der Waals surface area (Å²) >= 11 is 0. The van der Waals surface area contributed by atoms with Crippen LogP contribution in [0.3, 0.4) is 0 Å². The number of rotatable bonds is 13. The Balaban J connectivity index is 2.90. The maximum absolute atomic E-state index is 12.4. The number of nitrogens with one attached hydrogen (secondary N) is 1. The second-order valence-corrected chi connectivity index (χ2v) is 5.31. The molecule has 1 atom stereocenters. The SMILES string of the molecule is C=N/C=C(/C)C=NCC(COCCF)N(CCNC)c1ncccn1. The molecule has 1 aromatic heterocycles. The van der Waals surface area contributed by atoms with Crippen LogP contribution in [-0.4, -0.2) is 75.5 Å². The molecule has 0 aromatic carbocycles. The van der Waals surface area contributed by atoms with E-state index in [9.17, 15) is 4.39 Å². The second-order valence-electron chi connectivity index (χ2n) is 5.31. The van der Waals surface area contributed by atoms with Crippen LogP contribution >= 0.6 is 0 Å². The Kier molecular flexibility index (Phi) is 11.0. The van der Waals surface area contributed by atoms with Crippen LogP contribution in [0.25, 0.3) is 0 Å². The number of halogens is 1. The molecular formula is C17H27FN6O. The van der Waals surface area contributed by atoms with Crippen molar-refractivity contribution in [1.82, 2.24) is 15.3 Å². The summed E-state index contributed by atoms with van der Waals surface area (Å²) in [6.07, 6.45) is 6.76. The Morgan fingerprint density at radius 1 is 1.48 bits per heavy atom. The number of aromatic nitrogens is 2. The summed E-state index contributed by atoms with van der Waals surface area (Å²) in [6.45, 7) is 7.11. The molecule has 138 valence electrons. The van der Waals surface area contributed by atoms with Gasteiger partial charge in [-0.2, -0.15) is 0 Å². The molecule has 0 aliphatic heterocycles. The number of alkyl halides is 1. The van der Waals surface area contributed by atoms with Crippen LogP contribution in [0.4, 0.5) is 10.3 Å². The van der Waals surface area contributed by atoms with Gasteiger partial charge in [0, 0.05) is 37.9 Å². The van der Waals surface area contributed by atoms with Gasteiger partial charge in [0.2, 0.25) is 5.95 Å². The Morgan fingerprint density at radius 2 is 2.24 bits per heavy atom. The zero-order valence-corrected chi connectivity index (χ0v) is 14.9. The lowest BCUT2D eigenvalue weighted by Crippen LogP contribution is -2.45. The molecule has 0 amide bonds. The van der Waals surface area contributed by atoms with Gasteiger partial charge >= 0.3 is 0 Å². The normalized spacial score (nSPS) is 13.2. The standard InChI is InChI=1S/C17H27FN6O/c1-15(11-20-3)12-21-13-16(14-25-10-5-18)24(9-8-19-2)17-22-6-4-7-23-17/h4,6-7,11-12,16,19H,3,5,8-10,13-14H2,1-2H3/b15-11-,21-12?. The first-order valence-electron chi connectivity index (χ1n) is 8.17. The van der Waals surface area contributed by atoms with Crippen molar-refractivity contribution in [3.05, 3.63) is 30.2 Å². The number of allylic oxidation sites excluding steroid dienone is 1. The van der Waals surface area contributed by atoms with E-state index >= 15 is 0 Å². The molecule has 25 heavy (non-hydrogen) atoms. The van der Waals surface area contributed by atoms with E-state index < -0.39 is 6.67 Å². The van der Waals surface area contributed by atoms with E-state index in [1.54, 1.807) is 30.9 Å². The Labute approximate surface area is 148 Å². The minimum atomic E-state index is -0.513. The van der Waals surface area contributed by atoms with Crippen LogP contribution in [-0.2, 0) is 4.74 Å². The molecule has 0 saturated carbocycles.